The Morgan fingerprint density at radius 2 is 1.05 bits per heavy atom. The molecule has 0 radical (unpaired) electrons. The van der Waals surface area contributed by atoms with Gasteiger partial charge in [-0.05, 0) is 23.6 Å². The lowest BCUT2D eigenvalue weighted by Crippen LogP contribution is -2.08. The van der Waals surface area contributed by atoms with Gasteiger partial charge < -0.3 is 4.74 Å². The average molecular weight is 558 g/mol. The van der Waals surface area contributed by atoms with E-state index in [4.69, 9.17) is 0 Å². The molecule has 12 heteroatoms. The van der Waals surface area contributed by atoms with Crippen molar-refractivity contribution in [3.63, 3.8) is 0 Å². The SMILES string of the molecule is COc1c(F)c(F)c(-c2c3c(F)cccc3c(-c3ccc(F)cc3F)c3c(F)c(F)c(F)c(F)c23)c(F)c1F. The summed E-state index contributed by atoms with van der Waals surface area (Å²) in [5.74, 6) is -24.0. The molecule has 0 heterocycles. The minimum absolute atomic E-state index is 0.294. The van der Waals surface area contributed by atoms with Gasteiger partial charge in [-0.1, -0.05) is 12.1 Å². The summed E-state index contributed by atoms with van der Waals surface area (Å²) in [6, 6.07) is 4.13. The van der Waals surface area contributed by atoms with Crippen LogP contribution in [0, 0.1) is 64.0 Å². The van der Waals surface area contributed by atoms with Crippen molar-refractivity contribution in [3.05, 3.63) is 100 Å². The van der Waals surface area contributed by atoms with Gasteiger partial charge in [0.15, 0.2) is 40.7 Å². The molecule has 0 bridgehead atoms. The Kier molecular flexibility index (Phi) is 6.15. The zero-order valence-corrected chi connectivity index (χ0v) is 19.0. The maximum atomic E-state index is 15.4. The Hall–Kier alpha value is -4.35. The fourth-order valence-corrected chi connectivity index (χ4v) is 4.58. The smallest absolute Gasteiger partial charge is 0.204 e. The molecular weight excluding hydrogens is 549 g/mol. The van der Waals surface area contributed by atoms with Crippen LogP contribution in [0.3, 0.4) is 0 Å². The van der Waals surface area contributed by atoms with E-state index in [2.05, 4.69) is 4.74 Å². The van der Waals surface area contributed by atoms with Crippen LogP contribution in [0.1, 0.15) is 0 Å². The standard InChI is InChI=1S/C27H9F11O/c1-39-27-25(37)21(33)18(22(34)26(27)38)15-14-10(3-2-4-11(14)29)13(9-6-5-8(28)7-12(9)30)16-17(15)20(32)24(36)23(35)19(16)31/h2-7H,1H3. The first-order valence-electron chi connectivity index (χ1n) is 10.7. The summed E-state index contributed by atoms with van der Waals surface area (Å²) in [5.41, 5.74) is -4.91. The molecule has 0 amide bonds. The van der Waals surface area contributed by atoms with Crippen LogP contribution in [0.5, 0.6) is 5.75 Å². The van der Waals surface area contributed by atoms with Gasteiger partial charge in [-0.2, -0.15) is 8.78 Å². The van der Waals surface area contributed by atoms with Crippen LogP contribution >= 0.6 is 0 Å². The number of ether oxygens (including phenoxy) is 1. The van der Waals surface area contributed by atoms with Crippen molar-refractivity contribution >= 4 is 21.5 Å². The van der Waals surface area contributed by atoms with Crippen LogP contribution in [0.2, 0.25) is 0 Å². The second-order valence-electron chi connectivity index (χ2n) is 8.21. The zero-order chi connectivity index (χ0) is 28.5. The van der Waals surface area contributed by atoms with Crippen molar-refractivity contribution in [2.24, 2.45) is 0 Å². The van der Waals surface area contributed by atoms with Crippen LogP contribution in [-0.4, -0.2) is 7.11 Å². The van der Waals surface area contributed by atoms with Crippen molar-refractivity contribution in [2.75, 3.05) is 7.11 Å². The molecule has 0 N–H and O–H groups in total. The highest BCUT2D eigenvalue weighted by Crippen LogP contribution is 2.50. The maximum absolute atomic E-state index is 15.4. The average Bonchev–Trinajstić information content (AvgIpc) is 2.90. The first-order chi connectivity index (χ1) is 18.4. The van der Waals surface area contributed by atoms with Crippen LogP contribution < -0.4 is 4.74 Å². The highest BCUT2D eigenvalue weighted by molar-refractivity contribution is 6.22. The van der Waals surface area contributed by atoms with Gasteiger partial charge in [0.05, 0.1) is 12.7 Å². The molecule has 0 unspecified atom stereocenters. The number of rotatable bonds is 3. The molecule has 1 nitrogen and oxygen atoms in total. The van der Waals surface area contributed by atoms with Gasteiger partial charge in [0, 0.05) is 38.9 Å². The van der Waals surface area contributed by atoms with E-state index < -0.39 is 114 Å². The lowest BCUT2D eigenvalue weighted by Gasteiger charge is -2.21. The summed E-state index contributed by atoms with van der Waals surface area (Å²) < 4.78 is 168. The normalized spacial score (nSPS) is 11.6. The lowest BCUT2D eigenvalue weighted by atomic mass is 9.84. The topological polar surface area (TPSA) is 9.23 Å². The first kappa shape index (κ1) is 26.3. The van der Waals surface area contributed by atoms with E-state index in [1.807, 2.05) is 0 Å². The molecule has 0 spiro atoms. The quantitative estimate of drug-likeness (QED) is 0.0931. The molecule has 5 aromatic rings. The number of fused-ring (bicyclic) bond motifs is 2. The van der Waals surface area contributed by atoms with E-state index >= 15 is 22.0 Å². The van der Waals surface area contributed by atoms with Crippen molar-refractivity contribution in [3.8, 4) is 28.0 Å². The molecule has 0 aliphatic heterocycles. The molecule has 0 aliphatic rings. The second kappa shape index (κ2) is 9.14. The highest BCUT2D eigenvalue weighted by atomic mass is 19.2. The predicted octanol–water partition coefficient (Wildman–Crippen LogP) is 8.87. The Morgan fingerprint density at radius 3 is 1.59 bits per heavy atom. The van der Waals surface area contributed by atoms with Crippen LogP contribution in [0.4, 0.5) is 48.3 Å². The third kappa shape index (κ3) is 3.61. The fraction of sp³-hybridized carbons (Fsp3) is 0.0370. The molecular formula is C27H9F11O. The summed E-state index contributed by atoms with van der Waals surface area (Å²) in [4.78, 5) is 0. The van der Waals surface area contributed by atoms with Gasteiger partial charge >= 0.3 is 0 Å². The molecule has 0 aliphatic carbocycles. The van der Waals surface area contributed by atoms with Crippen LogP contribution in [0.25, 0.3) is 43.8 Å². The Morgan fingerprint density at radius 1 is 0.487 bits per heavy atom. The van der Waals surface area contributed by atoms with Crippen LogP contribution in [-0.2, 0) is 0 Å². The van der Waals surface area contributed by atoms with Crippen LogP contribution in [0.15, 0.2) is 36.4 Å². The third-order valence-electron chi connectivity index (χ3n) is 6.18. The van der Waals surface area contributed by atoms with E-state index in [1.54, 1.807) is 0 Å². The van der Waals surface area contributed by atoms with Crippen molar-refractivity contribution in [1.82, 2.24) is 0 Å². The monoisotopic (exact) mass is 558 g/mol. The molecule has 0 atom stereocenters. The van der Waals surface area contributed by atoms with E-state index in [0.29, 0.717) is 31.4 Å². The Bertz CT molecular complexity index is 1840. The fourth-order valence-electron chi connectivity index (χ4n) is 4.58. The second-order valence-corrected chi connectivity index (χ2v) is 8.21. The van der Waals surface area contributed by atoms with Crippen molar-refractivity contribution in [2.45, 2.75) is 0 Å². The van der Waals surface area contributed by atoms with E-state index in [9.17, 15) is 26.3 Å². The number of halogens is 11. The van der Waals surface area contributed by atoms with Gasteiger partial charge in [-0.25, -0.2) is 39.5 Å². The highest BCUT2D eigenvalue weighted by Gasteiger charge is 2.35. The Labute approximate surface area is 210 Å². The molecule has 5 aromatic carbocycles. The molecule has 0 saturated carbocycles. The van der Waals surface area contributed by atoms with Crippen molar-refractivity contribution < 1.29 is 53.0 Å². The Balaban J connectivity index is 2.20. The molecule has 0 saturated heterocycles. The minimum Gasteiger partial charge on any atom is -0.491 e. The molecule has 200 valence electrons. The lowest BCUT2D eigenvalue weighted by molar-refractivity contribution is 0.334. The summed E-state index contributed by atoms with van der Waals surface area (Å²) in [6.07, 6.45) is 0. The van der Waals surface area contributed by atoms with Gasteiger partial charge in [-0.15, -0.1) is 0 Å². The summed E-state index contributed by atoms with van der Waals surface area (Å²) in [7, 11) is 0.656. The van der Waals surface area contributed by atoms with E-state index in [0.717, 1.165) is 12.1 Å². The number of benzene rings is 5. The van der Waals surface area contributed by atoms with Crippen molar-refractivity contribution in [1.29, 1.82) is 0 Å². The first-order valence-corrected chi connectivity index (χ1v) is 10.7. The number of hydrogen-bond acceptors (Lipinski definition) is 1. The maximum Gasteiger partial charge on any atom is 0.204 e. The summed E-state index contributed by atoms with van der Waals surface area (Å²) in [6.45, 7) is 0. The summed E-state index contributed by atoms with van der Waals surface area (Å²) in [5, 5.41) is -4.71. The predicted molar refractivity (Wildman–Crippen MR) is 118 cm³/mol. The van der Waals surface area contributed by atoms with Gasteiger partial charge in [0.2, 0.25) is 11.6 Å². The van der Waals surface area contributed by atoms with E-state index in [1.165, 1.54) is 0 Å². The minimum atomic E-state index is -2.53. The summed E-state index contributed by atoms with van der Waals surface area (Å²) >= 11 is 0. The molecule has 0 aromatic heterocycles. The number of hydrogen-bond donors (Lipinski definition) is 0. The zero-order valence-electron chi connectivity index (χ0n) is 19.0. The third-order valence-corrected chi connectivity index (χ3v) is 6.18. The molecule has 0 fully saturated rings. The van der Waals surface area contributed by atoms with Gasteiger partial charge in [0.25, 0.3) is 0 Å². The van der Waals surface area contributed by atoms with E-state index in [-0.39, 0.29) is 0 Å². The van der Waals surface area contributed by atoms with Gasteiger partial charge in [-0.3, -0.25) is 0 Å². The largest absolute Gasteiger partial charge is 0.491 e. The molecule has 39 heavy (non-hydrogen) atoms. The molecule has 5 rings (SSSR count). The number of methoxy groups -OCH3 is 1. The van der Waals surface area contributed by atoms with Gasteiger partial charge in [0.1, 0.15) is 17.5 Å².